The molecule has 0 N–H and O–H groups in total. The molecular formula is C30H40FN. The van der Waals surface area contributed by atoms with Crippen LogP contribution in [0.2, 0.25) is 0 Å². The molecule has 7 unspecified atom stereocenters. The number of nitrogens with zero attached hydrogens (tertiary/aromatic N) is 1. The quantitative estimate of drug-likeness (QED) is 0.400. The Morgan fingerprint density at radius 2 is 1.75 bits per heavy atom. The first-order valence-corrected chi connectivity index (χ1v) is 13.2. The summed E-state index contributed by atoms with van der Waals surface area (Å²) in [7, 11) is 0. The Bertz CT molecular complexity index is 909. The first-order valence-electron chi connectivity index (χ1n) is 13.2. The summed E-state index contributed by atoms with van der Waals surface area (Å²) in [6.45, 7) is 4.73. The molecule has 0 radical (unpaired) electrons. The summed E-state index contributed by atoms with van der Waals surface area (Å²) < 4.78 is 15.1. The maximum Gasteiger partial charge on any atom is 0.116 e. The van der Waals surface area contributed by atoms with E-state index in [-0.39, 0.29) is 5.92 Å². The predicted molar refractivity (Wildman–Crippen MR) is 132 cm³/mol. The van der Waals surface area contributed by atoms with Crippen LogP contribution in [0.1, 0.15) is 89.5 Å². The van der Waals surface area contributed by atoms with Crippen molar-refractivity contribution in [1.29, 1.82) is 5.26 Å². The van der Waals surface area contributed by atoms with Crippen LogP contribution in [0.25, 0.3) is 10.8 Å². The zero-order chi connectivity index (χ0) is 22.5. The van der Waals surface area contributed by atoms with E-state index in [9.17, 15) is 5.26 Å². The summed E-state index contributed by atoms with van der Waals surface area (Å²) in [4.78, 5) is 0. The van der Waals surface area contributed by atoms with E-state index < -0.39 is 12.1 Å². The molecule has 0 heterocycles. The molecule has 0 bridgehead atoms. The monoisotopic (exact) mass is 433 g/mol. The minimum Gasteiger partial charge on any atom is -0.246 e. The standard InChI is InChI=1S/C30H40FN/c1-3-4-5-11-22-12-6-8-15-24(22)21(2)25-18-19-29(31)28(20-32)30(25)27-17-10-14-23-13-7-9-16-26(23)27/h7,9-10,13-14,16-17,21-22,24-25,28-30H,3-6,8,11-12,15,18-19H2,1-2H3. The van der Waals surface area contributed by atoms with Crippen LogP contribution in [0.15, 0.2) is 42.5 Å². The van der Waals surface area contributed by atoms with Gasteiger partial charge in [-0.15, -0.1) is 0 Å². The molecule has 0 amide bonds. The van der Waals surface area contributed by atoms with Crippen molar-refractivity contribution in [1.82, 2.24) is 0 Å². The van der Waals surface area contributed by atoms with Crippen molar-refractivity contribution in [2.24, 2.45) is 29.6 Å². The molecule has 0 saturated heterocycles. The van der Waals surface area contributed by atoms with E-state index in [1.54, 1.807) is 0 Å². The molecule has 7 atom stereocenters. The van der Waals surface area contributed by atoms with Gasteiger partial charge in [0.25, 0.3) is 0 Å². The van der Waals surface area contributed by atoms with Gasteiger partial charge in [0, 0.05) is 5.92 Å². The fraction of sp³-hybridized carbons (Fsp3) is 0.633. The molecular weight excluding hydrogens is 393 g/mol. The largest absolute Gasteiger partial charge is 0.246 e. The predicted octanol–water partition coefficient (Wildman–Crippen LogP) is 8.83. The van der Waals surface area contributed by atoms with Gasteiger partial charge in [-0.3, -0.25) is 0 Å². The fourth-order valence-corrected chi connectivity index (χ4v) is 7.18. The number of halogens is 1. The third-order valence-electron chi connectivity index (χ3n) is 8.84. The molecule has 4 rings (SSSR count). The Kier molecular flexibility index (Phi) is 7.88. The van der Waals surface area contributed by atoms with Crippen LogP contribution in [-0.2, 0) is 0 Å². The zero-order valence-electron chi connectivity index (χ0n) is 20.0. The van der Waals surface area contributed by atoms with E-state index in [2.05, 4.69) is 62.4 Å². The van der Waals surface area contributed by atoms with Crippen LogP contribution in [0, 0.1) is 40.9 Å². The average molecular weight is 434 g/mol. The maximum absolute atomic E-state index is 15.1. The minimum absolute atomic E-state index is 0.0110. The summed E-state index contributed by atoms with van der Waals surface area (Å²) in [6.07, 6.45) is 11.1. The lowest BCUT2D eigenvalue weighted by atomic mass is 9.58. The molecule has 2 heteroatoms. The number of unbranched alkanes of at least 4 members (excludes halogenated alkanes) is 2. The number of hydrogen-bond acceptors (Lipinski definition) is 1. The topological polar surface area (TPSA) is 23.8 Å². The van der Waals surface area contributed by atoms with Crippen LogP contribution >= 0.6 is 0 Å². The van der Waals surface area contributed by atoms with Gasteiger partial charge in [0.05, 0.1) is 12.0 Å². The van der Waals surface area contributed by atoms with Crippen molar-refractivity contribution in [3.63, 3.8) is 0 Å². The van der Waals surface area contributed by atoms with Crippen molar-refractivity contribution in [2.45, 2.75) is 90.1 Å². The second-order valence-electron chi connectivity index (χ2n) is 10.6. The van der Waals surface area contributed by atoms with Crippen LogP contribution in [0.3, 0.4) is 0 Å². The lowest BCUT2D eigenvalue weighted by molar-refractivity contribution is 0.0502. The first kappa shape index (κ1) is 23.3. The van der Waals surface area contributed by atoms with E-state index in [0.29, 0.717) is 18.3 Å². The van der Waals surface area contributed by atoms with Crippen molar-refractivity contribution < 1.29 is 4.39 Å². The molecule has 2 aromatic rings. The Labute approximate surface area is 194 Å². The zero-order valence-corrected chi connectivity index (χ0v) is 20.0. The van der Waals surface area contributed by atoms with Gasteiger partial charge < -0.3 is 0 Å². The smallest absolute Gasteiger partial charge is 0.116 e. The Morgan fingerprint density at radius 1 is 0.969 bits per heavy atom. The van der Waals surface area contributed by atoms with E-state index in [1.165, 1.54) is 67.7 Å². The lowest BCUT2D eigenvalue weighted by Gasteiger charge is -2.46. The van der Waals surface area contributed by atoms with Crippen LogP contribution in [0.5, 0.6) is 0 Å². The highest BCUT2D eigenvalue weighted by Gasteiger charge is 2.46. The van der Waals surface area contributed by atoms with E-state index in [0.717, 1.165) is 18.3 Å². The average Bonchev–Trinajstić information content (AvgIpc) is 2.83. The SMILES string of the molecule is CCCCCC1CCCCC1C(C)C1CCC(F)C(C#N)C1c1cccc2ccccc12. The summed E-state index contributed by atoms with van der Waals surface area (Å²) in [5.41, 5.74) is 1.20. The Hall–Kier alpha value is -1.88. The Balaban J connectivity index is 1.68. The third-order valence-corrected chi connectivity index (χ3v) is 8.84. The highest BCUT2D eigenvalue weighted by atomic mass is 19.1. The molecule has 32 heavy (non-hydrogen) atoms. The Morgan fingerprint density at radius 3 is 2.56 bits per heavy atom. The highest BCUT2D eigenvalue weighted by Crippen LogP contribution is 2.52. The lowest BCUT2D eigenvalue weighted by Crippen LogP contribution is -2.40. The van der Waals surface area contributed by atoms with Gasteiger partial charge in [-0.25, -0.2) is 4.39 Å². The van der Waals surface area contributed by atoms with E-state index >= 15 is 4.39 Å². The van der Waals surface area contributed by atoms with Gasteiger partial charge >= 0.3 is 0 Å². The summed E-state index contributed by atoms with van der Waals surface area (Å²) in [6, 6.07) is 17.3. The number of benzene rings is 2. The second-order valence-corrected chi connectivity index (χ2v) is 10.6. The van der Waals surface area contributed by atoms with Crippen molar-refractivity contribution in [2.75, 3.05) is 0 Å². The van der Waals surface area contributed by atoms with Gasteiger partial charge in [0.1, 0.15) is 6.17 Å². The molecule has 2 saturated carbocycles. The van der Waals surface area contributed by atoms with Crippen molar-refractivity contribution in [3.05, 3.63) is 48.0 Å². The molecule has 2 aromatic carbocycles. The number of nitriles is 1. The molecule has 172 valence electrons. The second kappa shape index (κ2) is 10.8. The highest BCUT2D eigenvalue weighted by molar-refractivity contribution is 5.86. The number of alkyl halides is 1. The molecule has 0 aromatic heterocycles. The number of fused-ring (bicyclic) bond motifs is 1. The normalized spacial score (nSPS) is 31.8. The molecule has 1 nitrogen and oxygen atoms in total. The summed E-state index contributed by atoms with van der Waals surface area (Å²) in [5, 5.41) is 12.5. The van der Waals surface area contributed by atoms with Gasteiger partial charge in [0.15, 0.2) is 0 Å². The van der Waals surface area contributed by atoms with Gasteiger partial charge in [-0.1, -0.05) is 101 Å². The van der Waals surface area contributed by atoms with Crippen LogP contribution in [-0.4, -0.2) is 6.17 Å². The fourth-order valence-electron chi connectivity index (χ4n) is 7.18. The van der Waals surface area contributed by atoms with Crippen LogP contribution in [0.4, 0.5) is 4.39 Å². The first-order chi connectivity index (χ1) is 15.7. The van der Waals surface area contributed by atoms with E-state index in [4.69, 9.17) is 0 Å². The molecule has 2 fully saturated rings. The summed E-state index contributed by atoms with van der Waals surface area (Å²) in [5.74, 6) is 1.90. The van der Waals surface area contributed by atoms with Gasteiger partial charge in [-0.2, -0.15) is 5.26 Å². The van der Waals surface area contributed by atoms with Crippen molar-refractivity contribution in [3.8, 4) is 6.07 Å². The maximum atomic E-state index is 15.1. The molecule has 2 aliphatic carbocycles. The van der Waals surface area contributed by atoms with Crippen molar-refractivity contribution >= 4 is 10.8 Å². The number of hydrogen-bond donors (Lipinski definition) is 0. The van der Waals surface area contributed by atoms with E-state index in [1.807, 2.05) is 0 Å². The van der Waals surface area contributed by atoms with Gasteiger partial charge in [0.2, 0.25) is 0 Å². The van der Waals surface area contributed by atoms with Crippen LogP contribution < -0.4 is 0 Å². The van der Waals surface area contributed by atoms with Gasteiger partial charge in [-0.05, 0) is 59.3 Å². The number of rotatable bonds is 7. The molecule has 0 aliphatic heterocycles. The molecule has 2 aliphatic rings. The summed E-state index contributed by atoms with van der Waals surface area (Å²) >= 11 is 0. The minimum atomic E-state index is -1.01. The molecule has 0 spiro atoms. The third kappa shape index (κ3) is 4.73.